The van der Waals surface area contributed by atoms with Crippen molar-refractivity contribution >= 4 is 31.0 Å². The zero-order valence-corrected chi connectivity index (χ0v) is 28.7. The van der Waals surface area contributed by atoms with Crippen LogP contribution >= 0.6 is 0 Å². The highest BCUT2D eigenvalue weighted by atomic mass is 32.2. The lowest BCUT2D eigenvalue weighted by atomic mass is 10.1. The zero-order valence-electron chi connectivity index (χ0n) is 27.0. The first kappa shape index (κ1) is 38.3. The van der Waals surface area contributed by atoms with E-state index in [1.165, 1.54) is 101 Å². The minimum absolute atomic E-state index is 0.111. The molecular formula is C34H56O8S2. The van der Waals surface area contributed by atoms with E-state index in [9.17, 15) is 25.9 Å². The smallest absolute Gasteiger partial charge is 0.295 e. The van der Waals surface area contributed by atoms with Crippen LogP contribution in [0.1, 0.15) is 142 Å². The predicted octanol–water partition coefficient (Wildman–Crippen LogP) is 9.93. The van der Waals surface area contributed by atoms with E-state index in [1.807, 2.05) is 0 Å². The average molecular weight is 657 g/mol. The van der Waals surface area contributed by atoms with Crippen molar-refractivity contribution in [2.24, 2.45) is 0 Å². The molecule has 2 aromatic rings. The lowest BCUT2D eigenvalue weighted by Crippen LogP contribution is -2.08. The number of hydrogen-bond acceptors (Lipinski definition) is 6. The van der Waals surface area contributed by atoms with Gasteiger partial charge in [-0.3, -0.25) is 9.11 Å². The van der Waals surface area contributed by atoms with Crippen LogP contribution in [-0.4, -0.2) is 39.2 Å². The number of benzene rings is 2. The minimum Gasteiger partial charge on any atom is -0.493 e. The van der Waals surface area contributed by atoms with Crippen molar-refractivity contribution in [3.05, 3.63) is 24.3 Å². The molecule has 0 saturated carbocycles. The Morgan fingerprint density at radius 3 is 1.00 bits per heavy atom. The SMILES string of the molecule is CCCCCCCCCCCCOc1ccc(S(=O)(=O)O)c2c(OCCCCCCCCCCCC)ccc(S(=O)(=O)O)c12. The quantitative estimate of drug-likeness (QED) is 0.0756. The Bertz CT molecular complexity index is 1210. The maximum Gasteiger partial charge on any atom is 0.295 e. The van der Waals surface area contributed by atoms with Crippen molar-refractivity contribution in [3.63, 3.8) is 0 Å². The molecule has 10 heteroatoms. The van der Waals surface area contributed by atoms with Gasteiger partial charge < -0.3 is 9.47 Å². The molecule has 0 bridgehead atoms. The van der Waals surface area contributed by atoms with Gasteiger partial charge in [-0.15, -0.1) is 0 Å². The van der Waals surface area contributed by atoms with Gasteiger partial charge >= 0.3 is 0 Å². The van der Waals surface area contributed by atoms with Crippen LogP contribution in [0.4, 0.5) is 0 Å². The van der Waals surface area contributed by atoms with Gasteiger partial charge in [0, 0.05) is 10.8 Å². The molecule has 0 aliphatic heterocycles. The number of hydrogen-bond donors (Lipinski definition) is 2. The highest BCUT2D eigenvalue weighted by Crippen LogP contribution is 2.41. The molecule has 2 aromatic carbocycles. The van der Waals surface area contributed by atoms with Crippen LogP contribution in [0.25, 0.3) is 10.8 Å². The van der Waals surface area contributed by atoms with Gasteiger partial charge in [0.25, 0.3) is 20.2 Å². The van der Waals surface area contributed by atoms with E-state index < -0.39 is 30.0 Å². The Balaban J connectivity index is 2.06. The molecule has 0 aromatic heterocycles. The van der Waals surface area contributed by atoms with Crippen LogP contribution in [0, 0.1) is 0 Å². The molecule has 44 heavy (non-hydrogen) atoms. The van der Waals surface area contributed by atoms with Gasteiger partial charge in [0.15, 0.2) is 0 Å². The summed E-state index contributed by atoms with van der Waals surface area (Å²) in [5.74, 6) is 0.223. The number of unbranched alkanes of at least 4 members (excludes halogenated alkanes) is 18. The summed E-state index contributed by atoms with van der Waals surface area (Å²) >= 11 is 0. The molecule has 0 atom stereocenters. The third-order valence-corrected chi connectivity index (χ3v) is 9.87. The van der Waals surface area contributed by atoms with E-state index in [0.29, 0.717) is 13.2 Å². The van der Waals surface area contributed by atoms with Crippen molar-refractivity contribution in [3.8, 4) is 11.5 Å². The molecule has 2 rings (SSSR count). The van der Waals surface area contributed by atoms with Crippen LogP contribution in [0.5, 0.6) is 11.5 Å². The Morgan fingerprint density at radius 1 is 0.455 bits per heavy atom. The van der Waals surface area contributed by atoms with Gasteiger partial charge in [-0.2, -0.15) is 16.8 Å². The Kier molecular flexibility index (Phi) is 18.3. The molecule has 8 nitrogen and oxygen atoms in total. The van der Waals surface area contributed by atoms with Gasteiger partial charge in [0.05, 0.1) is 13.2 Å². The second-order valence-electron chi connectivity index (χ2n) is 11.9. The van der Waals surface area contributed by atoms with Crippen molar-refractivity contribution < 1.29 is 35.4 Å². The Labute approximate surface area is 266 Å². The molecule has 0 amide bonds. The topological polar surface area (TPSA) is 127 Å². The summed E-state index contributed by atoms with van der Waals surface area (Å²) in [6.45, 7) is 5.02. The molecule has 0 unspecified atom stereocenters. The fourth-order valence-corrected chi connectivity index (χ4v) is 6.99. The molecule has 0 heterocycles. The molecule has 0 fully saturated rings. The van der Waals surface area contributed by atoms with E-state index in [2.05, 4.69) is 13.8 Å². The highest BCUT2D eigenvalue weighted by molar-refractivity contribution is 7.86. The van der Waals surface area contributed by atoms with Crippen LogP contribution in [0.2, 0.25) is 0 Å². The summed E-state index contributed by atoms with van der Waals surface area (Å²) in [7, 11) is -9.49. The largest absolute Gasteiger partial charge is 0.493 e. The van der Waals surface area contributed by atoms with E-state index in [-0.39, 0.29) is 22.3 Å². The lowest BCUT2D eigenvalue weighted by molar-refractivity contribution is 0.303. The third-order valence-electron chi connectivity index (χ3n) is 8.07. The van der Waals surface area contributed by atoms with Crippen LogP contribution < -0.4 is 9.47 Å². The van der Waals surface area contributed by atoms with Gasteiger partial charge in [-0.1, -0.05) is 129 Å². The first-order chi connectivity index (χ1) is 21.1. The summed E-state index contributed by atoms with van der Waals surface area (Å²) in [5, 5.41) is -0.231. The number of ether oxygens (including phenoxy) is 2. The second-order valence-corrected chi connectivity index (χ2v) is 14.7. The summed E-state index contributed by atoms with van der Waals surface area (Å²) in [5.41, 5.74) is 0. The van der Waals surface area contributed by atoms with Crippen LogP contribution in [-0.2, 0) is 20.2 Å². The average Bonchev–Trinajstić information content (AvgIpc) is 2.97. The van der Waals surface area contributed by atoms with E-state index in [0.717, 1.165) is 51.4 Å². The monoisotopic (exact) mass is 656 g/mol. The first-order valence-corrected chi connectivity index (χ1v) is 19.8. The Morgan fingerprint density at radius 2 is 0.727 bits per heavy atom. The maximum absolute atomic E-state index is 12.3. The third kappa shape index (κ3) is 14.0. The Hall–Kier alpha value is -1.88. The molecular weight excluding hydrogens is 601 g/mol. The molecule has 252 valence electrons. The van der Waals surface area contributed by atoms with Gasteiger partial charge in [-0.05, 0) is 37.1 Å². The van der Waals surface area contributed by atoms with Crippen molar-refractivity contribution in [1.82, 2.24) is 0 Å². The molecule has 0 spiro atoms. The fourth-order valence-electron chi connectivity index (χ4n) is 5.59. The van der Waals surface area contributed by atoms with Crippen molar-refractivity contribution in [2.75, 3.05) is 13.2 Å². The summed E-state index contributed by atoms with van der Waals surface area (Å²) in [6.07, 6.45) is 23.0. The van der Waals surface area contributed by atoms with Crippen LogP contribution in [0.3, 0.4) is 0 Å². The number of rotatable bonds is 26. The molecule has 0 saturated heterocycles. The van der Waals surface area contributed by atoms with E-state index in [4.69, 9.17) is 9.47 Å². The minimum atomic E-state index is -4.74. The first-order valence-electron chi connectivity index (χ1n) is 16.9. The van der Waals surface area contributed by atoms with Gasteiger partial charge in [-0.25, -0.2) is 0 Å². The molecule has 0 aliphatic rings. The zero-order chi connectivity index (χ0) is 32.3. The summed E-state index contributed by atoms with van der Waals surface area (Å²) < 4.78 is 81.3. The normalized spacial score (nSPS) is 12.2. The molecule has 0 radical (unpaired) electrons. The van der Waals surface area contributed by atoms with Crippen molar-refractivity contribution in [1.29, 1.82) is 0 Å². The van der Waals surface area contributed by atoms with Gasteiger partial charge in [0.1, 0.15) is 21.3 Å². The van der Waals surface area contributed by atoms with Gasteiger partial charge in [0.2, 0.25) is 0 Å². The fraction of sp³-hybridized carbons (Fsp3) is 0.706. The van der Waals surface area contributed by atoms with Crippen LogP contribution in [0.15, 0.2) is 34.1 Å². The highest BCUT2D eigenvalue weighted by Gasteiger charge is 2.26. The standard InChI is InChI=1S/C34H56O8S2/c1-3-5-7-9-11-13-15-17-19-21-27-41-29-23-25-32(44(38,39)40)34-30(24-26-31(33(29)34)43(35,36)37)42-28-22-20-18-16-14-12-10-8-6-4-2/h23-26H,3-22,27-28H2,1-2H3,(H,35,36,37)(H,38,39,40). The van der Waals surface area contributed by atoms with E-state index in [1.54, 1.807) is 0 Å². The summed E-state index contributed by atoms with van der Waals surface area (Å²) in [4.78, 5) is -0.996. The van der Waals surface area contributed by atoms with E-state index >= 15 is 0 Å². The number of fused-ring (bicyclic) bond motifs is 1. The second kappa shape index (κ2) is 21.0. The predicted molar refractivity (Wildman–Crippen MR) is 178 cm³/mol. The summed E-state index contributed by atoms with van der Waals surface area (Å²) in [6, 6.07) is 5.02. The van der Waals surface area contributed by atoms with Crippen molar-refractivity contribution in [2.45, 2.75) is 152 Å². The molecule has 0 aliphatic carbocycles. The maximum atomic E-state index is 12.3. The molecule has 2 N–H and O–H groups in total. The lowest BCUT2D eigenvalue weighted by Gasteiger charge is -2.17.